The maximum absolute atomic E-state index is 5.43. The first-order chi connectivity index (χ1) is 9.78. The van der Waals surface area contributed by atoms with Crippen LogP contribution in [0, 0.1) is 5.41 Å². The summed E-state index contributed by atoms with van der Waals surface area (Å²) >= 11 is 0. The summed E-state index contributed by atoms with van der Waals surface area (Å²) in [5, 5.41) is 5.82. The normalized spacial score (nSPS) is 16.7. The zero-order valence-electron chi connectivity index (χ0n) is 12.3. The number of rotatable bonds is 5. The van der Waals surface area contributed by atoms with E-state index in [0.29, 0.717) is 5.41 Å². The van der Waals surface area contributed by atoms with Crippen LogP contribution in [0.5, 0.6) is 5.75 Å². The van der Waals surface area contributed by atoms with Gasteiger partial charge in [0.25, 0.3) is 0 Å². The van der Waals surface area contributed by atoms with Crippen molar-refractivity contribution in [1.29, 1.82) is 0 Å². The molecule has 1 aliphatic rings. The van der Waals surface area contributed by atoms with Crippen molar-refractivity contribution < 1.29 is 4.74 Å². The Kier molecular flexibility index (Phi) is 3.51. The highest BCUT2D eigenvalue weighted by Gasteiger charge is 2.34. The monoisotopic (exact) mass is 270 g/mol. The zero-order chi connectivity index (χ0) is 14.0. The lowest BCUT2D eigenvalue weighted by atomic mass is 9.67. The van der Waals surface area contributed by atoms with Crippen LogP contribution in [0.25, 0.3) is 10.8 Å². The van der Waals surface area contributed by atoms with Crippen LogP contribution in [0.15, 0.2) is 30.5 Å². The maximum atomic E-state index is 5.43. The van der Waals surface area contributed by atoms with E-state index >= 15 is 0 Å². The first kappa shape index (κ1) is 13.2. The number of methoxy groups -OCH3 is 1. The molecule has 3 heteroatoms. The molecule has 1 aromatic heterocycles. The Morgan fingerprint density at radius 1 is 1.25 bits per heavy atom. The van der Waals surface area contributed by atoms with Gasteiger partial charge in [0.2, 0.25) is 0 Å². The second kappa shape index (κ2) is 5.31. The molecule has 0 saturated heterocycles. The summed E-state index contributed by atoms with van der Waals surface area (Å²) < 4.78 is 5.43. The fourth-order valence-electron chi connectivity index (χ4n) is 3.10. The molecular weight excluding hydrogens is 248 g/mol. The number of nitrogens with zero attached hydrogens (tertiary/aromatic N) is 1. The Bertz CT molecular complexity index is 599. The number of ether oxygens (including phenoxy) is 1. The SMILES string of the molecule is CCC1(CNc2nccc3c(OC)cccc23)CCC1. The minimum Gasteiger partial charge on any atom is -0.496 e. The van der Waals surface area contributed by atoms with Crippen LogP contribution in [-0.2, 0) is 0 Å². The van der Waals surface area contributed by atoms with E-state index in [4.69, 9.17) is 4.74 Å². The number of hydrogen-bond donors (Lipinski definition) is 1. The van der Waals surface area contributed by atoms with Crippen LogP contribution in [-0.4, -0.2) is 18.6 Å². The molecule has 1 heterocycles. The lowest BCUT2D eigenvalue weighted by Gasteiger charge is -2.41. The molecule has 0 spiro atoms. The van der Waals surface area contributed by atoms with Crippen molar-refractivity contribution in [1.82, 2.24) is 4.98 Å². The molecule has 0 bridgehead atoms. The number of aromatic nitrogens is 1. The van der Waals surface area contributed by atoms with Gasteiger partial charge in [0, 0.05) is 23.5 Å². The van der Waals surface area contributed by atoms with Crippen LogP contribution in [0.4, 0.5) is 5.82 Å². The van der Waals surface area contributed by atoms with Gasteiger partial charge in [-0.15, -0.1) is 0 Å². The van der Waals surface area contributed by atoms with E-state index in [9.17, 15) is 0 Å². The Labute approximate surface area is 120 Å². The third-order valence-corrected chi connectivity index (χ3v) is 4.78. The van der Waals surface area contributed by atoms with Crippen molar-refractivity contribution in [2.24, 2.45) is 5.41 Å². The molecule has 1 aromatic carbocycles. The molecule has 20 heavy (non-hydrogen) atoms. The summed E-state index contributed by atoms with van der Waals surface area (Å²) in [6.07, 6.45) is 7.14. The summed E-state index contributed by atoms with van der Waals surface area (Å²) in [7, 11) is 1.71. The Morgan fingerprint density at radius 3 is 2.75 bits per heavy atom. The first-order valence-corrected chi connectivity index (χ1v) is 7.44. The molecular formula is C17H22N2O. The van der Waals surface area contributed by atoms with Crippen LogP contribution < -0.4 is 10.1 Å². The molecule has 1 fully saturated rings. The molecule has 1 N–H and O–H groups in total. The van der Waals surface area contributed by atoms with Crippen LogP contribution >= 0.6 is 0 Å². The van der Waals surface area contributed by atoms with E-state index in [2.05, 4.69) is 23.3 Å². The zero-order valence-corrected chi connectivity index (χ0v) is 12.3. The lowest BCUT2D eigenvalue weighted by molar-refractivity contribution is 0.145. The minimum atomic E-state index is 0.489. The lowest BCUT2D eigenvalue weighted by Crippen LogP contribution is -2.36. The van der Waals surface area contributed by atoms with Gasteiger partial charge in [0.05, 0.1) is 7.11 Å². The van der Waals surface area contributed by atoms with E-state index < -0.39 is 0 Å². The summed E-state index contributed by atoms with van der Waals surface area (Å²) in [6, 6.07) is 8.13. The van der Waals surface area contributed by atoms with Crippen molar-refractivity contribution in [3.05, 3.63) is 30.5 Å². The van der Waals surface area contributed by atoms with Gasteiger partial charge in [0.15, 0.2) is 0 Å². The molecule has 3 nitrogen and oxygen atoms in total. The Morgan fingerprint density at radius 2 is 2.10 bits per heavy atom. The van der Waals surface area contributed by atoms with Crippen molar-refractivity contribution in [2.75, 3.05) is 19.0 Å². The second-order valence-electron chi connectivity index (χ2n) is 5.78. The standard InChI is InChI=1S/C17H22N2O/c1-3-17(9-5-10-17)12-19-16-14-6-4-7-15(20-2)13(14)8-11-18-16/h4,6-8,11H,3,5,9-10,12H2,1-2H3,(H,18,19). The predicted octanol–water partition coefficient (Wildman–Crippen LogP) is 4.24. The number of anilines is 1. The highest BCUT2D eigenvalue weighted by Crippen LogP contribution is 2.44. The second-order valence-corrected chi connectivity index (χ2v) is 5.78. The van der Waals surface area contributed by atoms with Crippen LogP contribution in [0.3, 0.4) is 0 Å². The molecule has 1 aliphatic carbocycles. The van der Waals surface area contributed by atoms with Crippen molar-refractivity contribution >= 4 is 16.6 Å². The van der Waals surface area contributed by atoms with Gasteiger partial charge in [-0.25, -0.2) is 4.98 Å². The number of hydrogen-bond acceptors (Lipinski definition) is 3. The fourth-order valence-corrected chi connectivity index (χ4v) is 3.10. The summed E-state index contributed by atoms with van der Waals surface area (Å²) in [5.74, 6) is 1.88. The number of fused-ring (bicyclic) bond motifs is 1. The van der Waals surface area contributed by atoms with Gasteiger partial charge in [-0.2, -0.15) is 0 Å². The molecule has 106 valence electrons. The third-order valence-electron chi connectivity index (χ3n) is 4.78. The average molecular weight is 270 g/mol. The average Bonchev–Trinajstić information content (AvgIpc) is 2.46. The van der Waals surface area contributed by atoms with Crippen LogP contribution in [0.2, 0.25) is 0 Å². The van der Waals surface area contributed by atoms with Gasteiger partial charge < -0.3 is 10.1 Å². The van der Waals surface area contributed by atoms with Gasteiger partial charge in [-0.3, -0.25) is 0 Å². The molecule has 0 radical (unpaired) electrons. The molecule has 0 unspecified atom stereocenters. The van der Waals surface area contributed by atoms with Gasteiger partial charge >= 0.3 is 0 Å². The molecule has 0 amide bonds. The van der Waals surface area contributed by atoms with E-state index in [1.54, 1.807) is 7.11 Å². The largest absolute Gasteiger partial charge is 0.496 e. The molecule has 0 atom stereocenters. The maximum Gasteiger partial charge on any atom is 0.133 e. The number of pyridine rings is 1. The fraction of sp³-hybridized carbons (Fsp3) is 0.471. The molecule has 1 saturated carbocycles. The van der Waals surface area contributed by atoms with Crippen LogP contribution in [0.1, 0.15) is 32.6 Å². The summed E-state index contributed by atoms with van der Waals surface area (Å²) in [6.45, 7) is 3.31. The van der Waals surface area contributed by atoms with E-state index in [-0.39, 0.29) is 0 Å². The van der Waals surface area contributed by atoms with Crippen molar-refractivity contribution in [3.8, 4) is 5.75 Å². The summed E-state index contributed by atoms with van der Waals surface area (Å²) in [5.41, 5.74) is 0.489. The number of benzene rings is 1. The van der Waals surface area contributed by atoms with Gasteiger partial charge in [-0.05, 0) is 36.8 Å². The topological polar surface area (TPSA) is 34.2 Å². The van der Waals surface area contributed by atoms with Crippen molar-refractivity contribution in [2.45, 2.75) is 32.6 Å². The minimum absolute atomic E-state index is 0.489. The highest BCUT2D eigenvalue weighted by molar-refractivity contribution is 5.95. The Hall–Kier alpha value is -1.77. The van der Waals surface area contributed by atoms with E-state index in [1.165, 1.54) is 25.7 Å². The quantitative estimate of drug-likeness (QED) is 0.882. The number of nitrogens with one attached hydrogen (secondary N) is 1. The van der Waals surface area contributed by atoms with Gasteiger partial charge in [-0.1, -0.05) is 25.5 Å². The Balaban J connectivity index is 1.88. The van der Waals surface area contributed by atoms with E-state index in [0.717, 1.165) is 28.9 Å². The van der Waals surface area contributed by atoms with Crippen molar-refractivity contribution in [3.63, 3.8) is 0 Å². The molecule has 2 aromatic rings. The summed E-state index contributed by atoms with van der Waals surface area (Å²) in [4.78, 5) is 4.51. The molecule has 3 rings (SSSR count). The van der Waals surface area contributed by atoms with E-state index in [1.807, 2.05) is 24.4 Å². The molecule has 0 aliphatic heterocycles. The highest BCUT2D eigenvalue weighted by atomic mass is 16.5. The smallest absolute Gasteiger partial charge is 0.133 e. The third kappa shape index (κ3) is 2.21. The van der Waals surface area contributed by atoms with Gasteiger partial charge in [0.1, 0.15) is 11.6 Å². The predicted molar refractivity (Wildman–Crippen MR) is 83.4 cm³/mol. The first-order valence-electron chi connectivity index (χ1n) is 7.44.